The van der Waals surface area contributed by atoms with Gasteiger partial charge in [-0.15, -0.1) is 0 Å². The maximum absolute atomic E-state index is 13.7. The lowest BCUT2D eigenvalue weighted by atomic mass is 10.1. The average molecular weight is 587 g/mol. The first kappa shape index (κ1) is 27.0. The number of aromatic nitrogens is 4. The molecule has 1 N–H and O–H groups in total. The lowest BCUT2D eigenvalue weighted by Crippen LogP contribution is -2.50. The molecule has 3 fully saturated rings. The van der Waals surface area contributed by atoms with Crippen LogP contribution in [0.1, 0.15) is 42.6 Å². The van der Waals surface area contributed by atoms with E-state index in [1.165, 1.54) is 36.5 Å². The Morgan fingerprint density at radius 1 is 0.810 bits per heavy atom. The minimum atomic E-state index is -4.64. The van der Waals surface area contributed by atoms with Gasteiger partial charge in [0.25, 0.3) is 0 Å². The number of nitrogens with zero attached hydrogens (tertiary/aromatic N) is 5. The molecule has 0 atom stereocenters. The van der Waals surface area contributed by atoms with Crippen molar-refractivity contribution in [3.05, 3.63) is 71.7 Å². The Morgan fingerprint density at radius 3 is 2.12 bits per heavy atom. The van der Waals surface area contributed by atoms with Gasteiger partial charge < -0.3 is 10.1 Å². The number of ether oxygens (including phenoxy) is 1. The molecule has 2 saturated carbocycles. The van der Waals surface area contributed by atoms with E-state index in [9.17, 15) is 26.3 Å². The van der Waals surface area contributed by atoms with Crippen LogP contribution in [0.2, 0.25) is 0 Å². The molecule has 3 aromatic heterocycles. The molecule has 1 saturated heterocycles. The van der Waals surface area contributed by atoms with Crippen LogP contribution in [-0.4, -0.2) is 49.1 Å². The zero-order chi connectivity index (χ0) is 29.3. The molecule has 42 heavy (non-hydrogen) atoms. The van der Waals surface area contributed by atoms with Crippen molar-refractivity contribution >= 4 is 22.5 Å². The second-order valence-electron chi connectivity index (χ2n) is 11.3. The third-order valence-electron chi connectivity index (χ3n) is 7.87. The Labute approximate surface area is 236 Å². The predicted molar refractivity (Wildman–Crippen MR) is 141 cm³/mol. The van der Waals surface area contributed by atoms with Crippen LogP contribution in [0.25, 0.3) is 22.4 Å². The van der Waals surface area contributed by atoms with Crippen molar-refractivity contribution in [3.8, 4) is 11.4 Å². The summed E-state index contributed by atoms with van der Waals surface area (Å²) in [6.45, 7) is 1.79. The minimum Gasteiger partial charge on any atom is -0.366 e. The Morgan fingerprint density at radius 2 is 1.50 bits per heavy atom. The molecule has 218 valence electrons. The van der Waals surface area contributed by atoms with Gasteiger partial charge in [-0.3, -0.25) is 9.88 Å². The van der Waals surface area contributed by atoms with Crippen LogP contribution in [0.5, 0.6) is 0 Å². The molecule has 3 aliphatic rings. The highest BCUT2D eigenvalue weighted by molar-refractivity contribution is 5.90. The zero-order valence-electron chi connectivity index (χ0n) is 22.1. The highest BCUT2D eigenvalue weighted by atomic mass is 19.4. The van der Waals surface area contributed by atoms with Crippen LogP contribution in [-0.2, 0) is 23.6 Å². The summed E-state index contributed by atoms with van der Waals surface area (Å²) >= 11 is 0. The number of halogens is 6. The monoisotopic (exact) mass is 586 g/mol. The quantitative estimate of drug-likeness (QED) is 0.259. The fourth-order valence-electron chi connectivity index (χ4n) is 5.58. The SMILES string of the molecule is FC(F)(F)c1ccc(Nc2nc(CN3CC4(CC4)OC4(CC4)C3)nc3nc(-c4ncccc4C(F)(F)F)ccc23)cc1. The molecule has 13 heteroatoms. The van der Waals surface area contributed by atoms with Crippen LogP contribution < -0.4 is 5.32 Å². The molecule has 4 aromatic rings. The van der Waals surface area contributed by atoms with Gasteiger partial charge in [0.1, 0.15) is 17.3 Å². The molecule has 0 radical (unpaired) electrons. The van der Waals surface area contributed by atoms with Crippen molar-refractivity contribution in [1.29, 1.82) is 0 Å². The summed E-state index contributed by atoms with van der Waals surface area (Å²) < 4.78 is 86.8. The molecular formula is C29H24F6N6O. The average Bonchev–Trinajstić information content (AvgIpc) is 3.86. The van der Waals surface area contributed by atoms with Crippen LogP contribution >= 0.6 is 0 Å². The number of nitrogens with one attached hydrogen (secondary N) is 1. The Kier molecular flexibility index (Phi) is 6.00. The van der Waals surface area contributed by atoms with Gasteiger partial charge in [0.2, 0.25) is 0 Å². The number of anilines is 2. The van der Waals surface area contributed by atoms with Crippen molar-refractivity contribution in [3.63, 3.8) is 0 Å². The van der Waals surface area contributed by atoms with Crippen LogP contribution in [0.4, 0.5) is 37.8 Å². The number of pyridine rings is 2. The third-order valence-corrected chi connectivity index (χ3v) is 7.87. The van der Waals surface area contributed by atoms with Crippen molar-refractivity contribution in [1.82, 2.24) is 24.8 Å². The standard InChI is InChI=1S/C29H24F6N6O/c30-28(31,32)17-3-5-18(6-4-17)37-24-19-7-8-21(23-20(29(33,34)35)2-1-13-36-23)38-25(19)40-22(39-24)14-41-15-26(9-10-26)42-27(16-41)11-12-27/h1-8,13H,9-12,14-16H2,(H,37,38,39,40). The summed E-state index contributed by atoms with van der Waals surface area (Å²) in [6.07, 6.45) is -3.91. The Hall–Kier alpha value is -3.84. The third kappa shape index (κ3) is 5.26. The number of hydrogen-bond donors (Lipinski definition) is 1. The van der Waals surface area contributed by atoms with Gasteiger partial charge in [0, 0.05) is 25.0 Å². The zero-order valence-corrected chi connectivity index (χ0v) is 22.1. The maximum Gasteiger partial charge on any atom is 0.418 e. The van der Waals surface area contributed by atoms with E-state index in [4.69, 9.17) is 9.72 Å². The van der Waals surface area contributed by atoms with Crippen molar-refractivity contribution < 1.29 is 31.1 Å². The molecule has 7 nitrogen and oxygen atoms in total. The fourth-order valence-corrected chi connectivity index (χ4v) is 5.58. The van der Waals surface area contributed by atoms with Crippen molar-refractivity contribution in [2.24, 2.45) is 0 Å². The lowest BCUT2D eigenvalue weighted by molar-refractivity contribution is -0.138. The fraction of sp³-hybridized carbons (Fsp3) is 0.379. The number of fused-ring (bicyclic) bond motifs is 1. The van der Waals surface area contributed by atoms with Gasteiger partial charge in [-0.05, 0) is 74.2 Å². The van der Waals surface area contributed by atoms with E-state index in [-0.39, 0.29) is 34.1 Å². The van der Waals surface area contributed by atoms with E-state index in [0.29, 0.717) is 36.5 Å². The van der Waals surface area contributed by atoms with E-state index in [1.807, 2.05) is 0 Å². The van der Waals surface area contributed by atoms with Gasteiger partial charge in [-0.1, -0.05) is 0 Å². The summed E-state index contributed by atoms with van der Waals surface area (Å²) in [7, 11) is 0. The smallest absolute Gasteiger partial charge is 0.366 e. The molecule has 1 aromatic carbocycles. The molecule has 4 heterocycles. The molecular weight excluding hydrogens is 562 g/mol. The van der Waals surface area contributed by atoms with E-state index in [0.717, 1.165) is 43.9 Å². The highest BCUT2D eigenvalue weighted by Gasteiger charge is 2.60. The largest absolute Gasteiger partial charge is 0.418 e. The summed E-state index contributed by atoms with van der Waals surface area (Å²) in [5.41, 5.74) is -1.87. The minimum absolute atomic E-state index is 0.0132. The van der Waals surface area contributed by atoms with Gasteiger partial charge in [-0.2, -0.15) is 26.3 Å². The first-order valence-electron chi connectivity index (χ1n) is 13.5. The van der Waals surface area contributed by atoms with Crippen LogP contribution in [0.15, 0.2) is 54.7 Å². The first-order valence-corrected chi connectivity index (χ1v) is 13.5. The van der Waals surface area contributed by atoms with Gasteiger partial charge >= 0.3 is 12.4 Å². The highest BCUT2D eigenvalue weighted by Crippen LogP contribution is 2.54. The number of morpholine rings is 1. The van der Waals surface area contributed by atoms with Gasteiger partial charge in [-0.25, -0.2) is 15.0 Å². The lowest BCUT2D eigenvalue weighted by Gasteiger charge is -2.38. The summed E-state index contributed by atoms with van der Waals surface area (Å²) in [5, 5.41) is 3.45. The number of rotatable bonds is 5. The second-order valence-corrected chi connectivity index (χ2v) is 11.3. The van der Waals surface area contributed by atoms with E-state index in [2.05, 4.69) is 25.2 Å². The predicted octanol–water partition coefficient (Wildman–Crippen LogP) is 6.77. The van der Waals surface area contributed by atoms with Crippen molar-refractivity contribution in [2.45, 2.75) is 55.8 Å². The van der Waals surface area contributed by atoms with Gasteiger partial charge in [0.15, 0.2) is 5.65 Å². The molecule has 2 aliphatic carbocycles. The van der Waals surface area contributed by atoms with Crippen molar-refractivity contribution in [2.75, 3.05) is 18.4 Å². The molecule has 0 amide bonds. The number of benzene rings is 1. The van der Waals surface area contributed by atoms with E-state index in [1.54, 1.807) is 0 Å². The molecule has 0 unspecified atom stereocenters. The molecule has 1 aliphatic heterocycles. The topological polar surface area (TPSA) is 76.1 Å². The number of hydrogen-bond acceptors (Lipinski definition) is 7. The molecule has 7 rings (SSSR count). The molecule has 0 bridgehead atoms. The van der Waals surface area contributed by atoms with Crippen LogP contribution in [0, 0.1) is 0 Å². The Balaban J connectivity index is 1.28. The maximum atomic E-state index is 13.7. The number of alkyl halides is 6. The van der Waals surface area contributed by atoms with Gasteiger partial charge in [0.05, 0.1) is 40.0 Å². The van der Waals surface area contributed by atoms with Crippen LogP contribution in [0.3, 0.4) is 0 Å². The summed E-state index contributed by atoms with van der Waals surface area (Å²) in [4.78, 5) is 20.0. The first-order chi connectivity index (χ1) is 19.9. The van der Waals surface area contributed by atoms with E-state index >= 15 is 0 Å². The second kappa shape index (κ2) is 9.33. The summed E-state index contributed by atoms with van der Waals surface area (Å²) in [6, 6.07) is 9.58. The Bertz CT molecular complexity index is 1640. The normalized spacial score (nSPS) is 19.4. The summed E-state index contributed by atoms with van der Waals surface area (Å²) in [5.74, 6) is 0.661. The molecule has 2 spiro atoms. The van der Waals surface area contributed by atoms with E-state index < -0.39 is 23.5 Å².